The molecule has 1 saturated heterocycles. The van der Waals surface area contributed by atoms with Gasteiger partial charge in [-0.3, -0.25) is 9.59 Å². The number of fused-ring (bicyclic) bond motifs is 1. The van der Waals surface area contributed by atoms with E-state index in [4.69, 9.17) is 4.74 Å². The molecule has 1 aromatic rings. The number of aliphatic hydroxyl groups excluding tert-OH is 1. The van der Waals surface area contributed by atoms with Crippen LogP contribution in [0.15, 0.2) is 24.3 Å². The Kier molecular flexibility index (Phi) is 5.97. The zero-order valence-corrected chi connectivity index (χ0v) is 16.3. The van der Waals surface area contributed by atoms with Crippen molar-refractivity contribution in [2.75, 3.05) is 13.2 Å². The Hall–Kier alpha value is -1.92. The molecule has 6 nitrogen and oxygen atoms in total. The molecule has 3 aliphatic rings. The molecule has 2 heterocycles. The number of nitrogens with one attached hydrogen (secondary N) is 1. The van der Waals surface area contributed by atoms with Gasteiger partial charge in [0.1, 0.15) is 6.10 Å². The summed E-state index contributed by atoms with van der Waals surface area (Å²) in [6, 6.07) is 8.11. The van der Waals surface area contributed by atoms with Gasteiger partial charge < -0.3 is 20.1 Å². The second-order valence-corrected chi connectivity index (χ2v) is 8.34. The van der Waals surface area contributed by atoms with Crippen LogP contribution in [-0.4, -0.2) is 53.2 Å². The van der Waals surface area contributed by atoms with Crippen molar-refractivity contribution in [2.24, 2.45) is 5.92 Å². The van der Waals surface area contributed by atoms with Gasteiger partial charge in [0.05, 0.1) is 25.2 Å². The summed E-state index contributed by atoms with van der Waals surface area (Å²) < 4.78 is 6.00. The molecule has 0 radical (unpaired) electrons. The summed E-state index contributed by atoms with van der Waals surface area (Å²) in [6.45, 7) is 1.26. The molecule has 2 amide bonds. The molecule has 1 aliphatic carbocycles. The number of carbonyl (C=O) groups excluding carboxylic acids is 2. The Balaban J connectivity index is 1.28. The topological polar surface area (TPSA) is 78.9 Å². The van der Waals surface area contributed by atoms with E-state index in [-0.39, 0.29) is 36.5 Å². The van der Waals surface area contributed by atoms with Gasteiger partial charge in [0.15, 0.2) is 0 Å². The SMILES string of the molecule is O=C(N[C@@H]1CC[C@H](CC(=O)N2CCc3ccccc3C2)O[C@H]1CO)C1CCC1. The summed E-state index contributed by atoms with van der Waals surface area (Å²) in [5.74, 6) is 0.313. The van der Waals surface area contributed by atoms with E-state index in [9.17, 15) is 14.7 Å². The number of rotatable bonds is 5. The van der Waals surface area contributed by atoms with E-state index < -0.39 is 6.10 Å². The van der Waals surface area contributed by atoms with E-state index >= 15 is 0 Å². The molecule has 6 heteroatoms. The van der Waals surface area contributed by atoms with Crippen molar-refractivity contribution in [3.05, 3.63) is 35.4 Å². The van der Waals surface area contributed by atoms with Gasteiger partial charge >= 0.3 is 0 Å². The molecule has 1 aromatic carbocycles. The maximum atomic E-state index is 12.8. The fourth-order valence-corrected chi connectivity index (χ4v) is 4.45. The number of ether oxygens (including phenoxy) is 1. The van der Waals surface area contributed by atoms with Gasteiger partial charge in [-0.05, 0) is 43.2 Å². The summed E-state index contributed by atoms with van der Waals surface area (Å²) in [6.07, 6.45) is 5.10. The van der Waals surface area contributed by atoms with Gasteiger partial charge in [0.25, 0.3) is 0 Å². The van der Waals surface area contributed by atoms with Gasteiger partial charge in [-0.2, -0.15) is 0 Å². The maximum absolute atomic E-state index is 12.8. The van der Waals surface area contributed by atoms with Crippen LogP contribution in [0.4, 0.5) is 0 Å². The van der Waals surface area contributed by atoms with Crippen LogP contribution in [0, 0.1) is 5.92 Å². The Morgan fingerprint density at radius 3 is 2.64 bits per heavy atom. The predicted octanol–water partition coefficient (Wildman–Crippen LogP) is 1.79. The molecule has 0 unspecified atom stereocenters. The second-order valence-electron chi connectivity index (χ2n) is 8.34. The number of benzene rings is 1. The van der Waals surface area contributed by atoms with Gasteiger partial charge in [-0.1, -0.05) is 30.7 Å². The minimum Gasteiger partial charge on any atom is -0.394 e. The first-order valence-corrected chi connectivity index (χ1v) is 10.6. The third-order valence-electron chi connectivity index (χ3n) is 6.48. The van der Waals surface area contributed by atoms with Gasteiger partial charge in [-0.25, -0.2) is 0 Å². The Morgan fingerprint density at radius 2 is 1.93 bits per heavy atom. The molecule has 0 aromatic heterocycles. The summed E-state index contributed by atoms with van der Waals surface area (Å²) in [5, 5.41) is 12.8. The molecular weight excluding hydrogens is 356 g/mol. The number of nitrogens with zero attached hydrogens (tertiary/aromatic N) is 1. The fraction of sp³-hybridized carbons (Fsp3) is 0.636. The van der Waals surface area contributed by atoms with Crippen LogP contribution in [0.2, 0.25) is 0 Å². The van der Waals surface area contributed by atoms with E-state index in [1.807, 2.05) is 17.0 Å². The van der Waals surface area contributed by atoms with Crippen LogP contribution in [0.5, 0.6) is 0 Å². The number of carbonyl (C=O) groups is 2. The zero-order chi connectivity index (χ0) is 19.5. The quantitative estimate of drug-likeness (QED) is 0.809. The number of hydrogen-bond donors (Lipinski definition) is 2. The van der Waals surface area contributed by atoms with E-state index in [0.717, 1.165) is 45.1 Å². The lowest BCUT2D eigenvalue weighted by molar-refractivity contribution is -0.144. The maximum Gasteiger partial charge on any atom is 0.225 e. The molecule has 2 fully saturated rings. The summed E-state index contributed by atoms with van der Waals surface area (Å²) >= 11 is 0. The van der Waals surface area contributed by atoms with E-state index in [2.05, 4.69) is 17.4 Å². The second kappa shape index (κ2) is 8.62. The Bertz CT molecular complexity index is 718. The number of aliphatic hydroxyl groups is 1. The lowest BCUT2D eigenvalue weighted by Gasteiger charge is -2.38. The molecule has 1 saturated carbocycles. The first kappa shape index (κ1) is 19.4. The van der Waals surface area contributed by atoms with Crippen molar-refractivity contribution in [2.45, 2.75) is 69.7 Å². The monoisotopic (exact) mass is 386 g/mol. The van der Waals surface area contributed by atoms with Crippen LogP contribution in [0.3, 0.4) is 0 Å². The average Bonchev–Trinajstić information content (AvgIpc) is 2.67. The summed E-state index contributed by atoms with van der Waals surface area (Å²) in [4.78, 5) is 26.9. The molecule has 0 bridgehead atoms. The van der Waals surface area contributed by atoms with Crippen molar-refractivity contribution in [3.63, 3.8) is 0 Å². The van der Waals surface area contributed by atoms with Crippen LogP contribution < -0.4 is 5.32 Å². The Morgan fingerprint density at radius 1 is 1.14 bits per heavy atom. The van der Waals surface area contributed by atoms with Crippen LogP contribution in [0.25, 0.3) is 0 Å². The molecular formula is C22H30N2O4. The largest absolute Gasteiger partial charge is 0.394 e. The van der Waals surface area contributed by atoms with E-state index in [1.165, 1.54) is 11.1 Å². The summed E-state index contributed by atoms with van der Waals surface area (Å²) in [7, 11) is 0. The number of hydrogen-bond acceptors (Lipinski definition) is 4. The first-order chi connectivity index (χ1) is 13.6. The van der Waals surface area contributed by atoms with Crippen molar-refractivity contribution in [3.8, 4) is 0 Å². The van der Waals surface area contributed by atoms with Crippen molar-refractivity contribution >= 4 is 11.8 Å². The first-order valence-electron chi connectivity index (χ1n) is 10.6. The lowest BCUT2D eigenvalue weighted by Crippen LogP contribution is -2.53. The predicted molar refractivity (Wildman–Crippen MR) is 104 cm³/mol. The highest BCUT2D eigenvalue weighted by Gasteiger charge is 2.35. The molecule has 2 aliphatic heterocycles. The van der Waals surface area contributed by atoms with E-state index in [0.29, 0.717) is 13.0 Å². The van der Waals surface area contributed by atoms with Gasteiger partial charge in [0, 0.05) is 19.0 Å². The fourth-order valence-electron chi connectivity index (χ4n) is 4.45. The highest BCUT2D eigenvalue weighted by molar-refractivity contribution is 5.79. The normalized spacial score (nSPS) is 27.6. The van der Waals surface area contributed by atoms with Crippen LogP contribution >= 0.6 is 0 Å². The van der Waals surface area contributed by atoms with Crippen LogP contribution in [-0.2, 0) is 27.3 Å². The van der Waals surface area contributed by atoms with Gasteiger partial charge in [0.2, 0.25) is 11.8 Å². The third kappa shape index (κ3) is 4.23. The van der Waals surface area contributed by atoms with Crippen molar-refractivity contribution < 1.29 is 19.4 Å². The summed E-state index contributed by atoms with van der Waals surface area (Å²) in [5.41, 5.74) is 2.55. The lowest BCUT2D eigenvalue weighted by atomic mass is 9.84. The minimum absolute atomic E-state index is 0.0832. The standard InChI is InChI=1S/C22H30N2O4/c25-14-20-19(23-22(27)16-6-3-7-16)9-8-18(28-20)12-21(26)24-11-10-15-4-1-2-5-17(15)13-24/h1-2,4-5,16,18-20,25H,3,6-14H2,(H,23,27)/t18-,19-,20+/m1/s1. The molecule has 152 valence electrons. The zero-order valence-electron chi connectivity index (χ0n) is 16.3. The van der Waals surface area contributed by atoms with Crippen LogP contribution in [0.1, 0.15) is 49.7 Å². The Labute approximate surface area is 166 Å². The van der Waals surface area contributed by atoms with Gasteiger partial charge in [-0.15, -0.1) is 0 Å². The van der Waals surface area contributed by atoms with Crippen molar-refractivity contribution in [1.82, 2.24) is 10.2 Å². The molecule has 3 atom stereocenters. The van der Waals surface area contributed by atoms with E-state index in [1.54, 1.807) is 0 Å². The molecule has 4 rings (SSSR count). The average molecular weight is 386 g/mol. The highest BCUT2D eigenvalue weighted by Crippen LogP contribution is 2.28. The van der Waals surface area contributed by atoms with Crippen molar-refractivity contribution in [1.29, 1.82) is 0 Å². The molecule has 0 spiro atoms. The molecule has 2 N–H and O–H groups in total. The smallest absolute Gasteiger partial charge is 0.225 e. The highest BCUT2D eigenvalue weighted by atomic mass is 16.5. The third-order valence-corrected chi connectivity index (χ3v) is 6.48. The minimum atomic E-state index is -0.433. The number of amides is 2. The molecule has 28 heavy (non-hydrogen) atoms.